The Bertz CT molecular complexity index is 448. The van der Waals surface area contributed by atoms with Crippen LogP contribution in [0.25, 0.3) is 0 Å². The Morgan fingerprint density at radius 2 is 1.84 bits per heavy atom. The van der Waals surface area contributed by atoms with Crippen LogP contribution in [0.3, 0.4) is 0 Å². The fourth-order valence-corrected chi connectivity index (χ4v) is 4.71. The van der Waals surface area contributed by atoms with Gasteiger partial charge in [0, 0.05) is 45.1 Å². The maximum atomic E-state index is 12.3. The van der Waals surface area contributed by atoms with E-state index in [1.807, 2.05) is 4.90 Å². The van der Waals surface area contributed by atoms with Crippen LogP contribution in [-0.2, 0) is 9.59 Å². The number of carbonyl (C=O) groups is 2. The lowest BCUT2D eigenvalue weighted by molar-refractivity contribution is -0.133. The van der Waals surface area contributed by atoms with E-state index in [9.17, 15) is 9.59 Å². The Balaban J connectivity index is 1.36. The summed E-state index contributed by atoms with van der Waals surface area (Å²) in [5.41, 5.74) is 0. The minimum atomic E-state index is 0.114. The lowest BCUT2D eigenvalue weighted by Crippen LogP contribution is -2.49. The first-order valence-electron chi connectivity index (χ1n) is 10.5. The number of amides is 2. The molecule has 2 saturated heterocycles. The summed E-state index contributed by atoms with van der Waals surface area (Å²) in [5.74, 6) is 1.20. The van der Waals surface area contributed by atoms with Gasteiger partial charge in [0.1, 0.15) is 0 Å². The van der Waals surface area contributed by atoms with Crippen molar-refractivity contribution in [2.75, 3.05) is 32.7 Å². The third-order valence-electron chi connectivity index (χ3n) is 6.14. The smallest absolute Gasteiger partial charge is 0.222 e. The van der Waals surface area contributed by atoms with Gasteiger partial charge in [0.2, 0.25) is 11.8 Å². The molecule has 1 aliphatic carbocycles. The van der Waals surface area contributed by atoms with Crippen molar-refractivity contribution in [2.24, 2.45) is 5.92 Å². The number of carbonyl (C=O) groups excluding carboxylic acids is 2. The van der Waals surface area contributed by atoms with E-state index in [1.54, 1.807) is 0 Å². The SMILES string of the molecule is O=C(CCN1CCCCC1=O)N[C@@H]1CCCN(CC2CCCCC2)C1. The molecular weight excluding hydrogens is 314 g/mol. The van der Waals surface area contributed by atoms with Crippen molar-refractivity contribution in [1.29, 1.82) is 0 Å². The largest absolute Gasteiger partial charge is 0.352 e. The molecule has 0 spiro atoms. The Morgan fingerprint density at radius 3 is 2.64 bits per heavy atom. The monoisotopic (exact) mass is 349 g/mol. The Labute approximate surface area is 152 Å². The number of nitrogens with one attached hydrogen (secondary N) is 1. The number of hydrogen-bond acceptors (Lipinski definition) is 3. The molecule has 2 aliphatic heterocycles. The van der Waals surface area contributed by atoms with Gasteiger partial charge in [0.15, 0.2) is 0 Å². The minimum absolute atomic E-state index is 0.114. The fourth-order valence-electron chi connectivity index (χ4n) is 4.71. The molecule has 3 fully saturated rings. The average molecular weight is 350 g/mol. The summed E-state index contributed by atoms with van der Waals surface area (Å²) in [6.07, 6.45) is 12.4. The highest BCUT2D eigenvalue weighted by molar-refractivity contribution is 5.79. The van der Waals surface area contributed by atoms with E-state index in [2.05, 4.69) is 10.2 Å². The second kappa shape index (κ2) is 9.56. The van der Waals surface area contributed by atoms with Gasteiger partial charge in [-0.2, -0.15) is 0 Å². The van der Waals surface area contributed by atoms with Gasteiger partial charge in [0.05, 0.1) is 0 Å². The zero-order valence-electron chi connectivity index (χ0n) is 15.7. The summed E-state index contributed by atoms with van der Waals surface area (Å²) in [6.45, 7) is 4.82. The Kier molecular flexibility index (Phi) is 7.14. The second-order valence-corrected chi connectivity index (χ2v) is 8.26. The average Bonchev–Trinajstić information content (AvgIpc) is 2.62. The first-order chi connectivity index (χ1) is 12.2. The molecule has 25 heavy (non-hydrogen) atoms. The number of hydrogen-bond donors (Lipinski definition) is 1. The van der Waals surface area contributed by atoms with E-state index >= 15 is 0 Å². The topological polar surface area (TPSA) is 52.7 Å². The van der Waals surface area contributed by atoms with Crippen LogP contribution >= 0.6 is 0 Å². The lowest BCUT2D eigenvalue weighted by atomic mass is 9.88. The number of likely N-dealkylation sites (tertiary alicyclic amines) is 2. The van der Waals surface area contributed by atoms with E-state index in [1.165, 1.54) is 51.6 Å². The molecule has 0 aromatic heterocycles. The molecule has 142 valence electrons. The van der Waals surface area contributed by atoms with Crippen LogP contribution in [0, 0.1) is 5.92 Å². The summed E-state index contributed by atoms with van der Waals surface area (Å²) < 4.78 is 0. The van der Waals surface area contributed by atoms with Crippen LogP contribution in [-0.4, -0.2) is 60.4 Å². The first kappa shape index (κ1) is 18.7. The standard InChI is InChI=1S/C20H35N3O2/c24-19(11-14-23-13-5-4-10-20(23)25)21-18-9-6-12-22(16-18)15-17-7-2-1-3-8-17/h17-18H,1-16H2,(H,21,24)/t18-/m1/s1. The molecule has 0 bridgehead atoms. The normalized spacial score (nSPS) is 26.6. The quantitative estimate of drug-likeness (QED) is 0.802. The molecule has 3 aliphatic rings. The summed E-state index contributed by atoms with van der Waals surface area (Å²) in [6, 6.07) is 0.293. The summed E-state index contributed by atoms with van der Waals surface area (Å²) in [4.78, 5) is 28.5. The molecule has 0 radical (unpaired) electrons. The highest BCUT2D eigenvalue weighted by Gasteiger charge is 2.25. The highest BCUT2D eigenvalue weighted by Crippen LogP contribution is 2.25. The molecule has 0 aromatic rings. The van der Waals surface area contributed by atoms with Gasteiger partial charge in [-0.1, -0.05) is 19.3 Å². The Hall–Kier alpha value is -1.10. The Morgan fingerprint density at radius 1 is 1.00 bits per heavy atom. The van der Waals surface area contributed by atoms with Gasteiger partial charge in [0.25, 0.3) is 0 Å². The third kappa shape index (κ3) is 5.98. The predicted octanol–water partition coefficient (Wildman–Crippen LogP) is 2.55. The lowest BCUT2D eigenvalue weighted by Gasteiger charge is -2.36. The van der Waals surface area contributed by atoms with Gasteiger partial charge in [-0.05, 0) is 51.0 Å². The molecule has 1 saturated carbocycles. The van der Waals surface area contributed by atoms with Crippen molar-refractivity contribution in [1.82, 2.24) is 15.1 Å². The molecule has 1 N–H and O–H groups in total. The molecular formula is C20H35N3O2. The van der Waals surface area contributed by atoms with Crippen LogP contribution in [0.15, 0.2) is 0 Å². The van der Waals surface area contributed by atoms with Gasteiger partial charge >= 0.3 is 0 Å². The molecule has 5 heteroatoms. The molecule has 3 rings (SSSR count). The number of piperidine rings is 2. The third-order valence-corrected chi connectivity index (χ3v) is 6.14. The van der Waals surface area contributed by atoms with Gasteiger partial charge < -0.3 is 15.1 Å². The van der Waals surface area contributed by atoms with E-state index in [-0.39, 0.29) is 11.8 Å². The maximum Gasteiger partial charge on any atom is 0.222 e. The minimum Gasteiger partial charge on any atom is -0.352 e. The molecule has 2 amide bonds. The molecule has 5 nitrogen and oxygen atoms in total. The summed E-state index contributed by atoms with van der Waals surface area (Å²) in [7, 11) is 0. The summed E-state index contributed by atoms with van der Waals surface area (Å²) in [5, 5.41) is 3.22. The molecule has 1 atom stereocenters. The van der Waals surface area contributed by atoms with Crippen LogP contribution < -0.4 is 5.32 Å². The van der Waals surface area contributed by atoms with Crippen molar-refractivity contribution in [2.45, 2.75) is 76.7 Å². The van der Waals surface area contributed by atoms with Crippen molar-refractivity contribution in [3.05, 3.63) is 0 Å². The van der Waals surface area contributed by atoms with E-state index < -0.39 is 0 Å². The first-order valence-corrected chi connectivity index (χ1v) is 10.5. The zero-order valence-corrected chi connectivity index (χ0v) is 15.7. The second-order valence-electron chi connectivity index (χ2n) is 8.26. The molecule has 0 aromatic carbocycles. The fraction of sp³-hybridized carbons (Fsp3) is 0.900. The molecule has 2 heterocycles. The maximum absolute atomic E-state index is 12.3. The van der Waals surface area contributed by atoms with Crippen LogP contribution in [0.5, 0.6) is 0 Å². The molecule has 0 unspecified atom stereocenters. The van der Waals surface area contributed by atoms with Crippen molar-refractivity contribution >= 4 is 11.8 Å². The van der Waals surface area contributed by atoms with E-state index in [4.69, 9.17) is 0 Å². The van der Waals surface area contributed by atoms with Gasteiger partial charge in [-0.3, -0.25) is 9.59 Å². The van der Waals surface area contributed by atoms with Crippen LogP contribution in [0.1, 0.15) is 70.6 Å². The summed E-state index contributed by atoms with van der Waals surface area (Å²) >= 11 is 0. The van der Waals surface area contributed by atoms with E-state index in [0.717, 1.165) is 38.3 Å². The number of nitrogens with zero attached hydrogens (tertiary/aromatic N) is 2. The van der Waals surface area contributed by atoms with Crippen LogP contribution in [0.2, 0.25) is 0 Å². The number of rotatable bonds is 6. The highest BCUT2D eigenvalue weighted by atomic mass is 16.2. The van der Waals surface area contributed by atoms with Crippen molar-refractivity contribution < 1.29 is 9.59 Å². The van der Waals surface area contributed by atoms with Crippen molar-refractivity contribution in [3.8, 4) is 0 Å². The van der Waals surface area contributed by atoms with E-state index in [0.29, 0.717) is 25.4 Å². The predicted molar refractivity (Wildman–Crippen MR) is 99.2 cm³/mol. The van der Waals surface area contributed by atoms with Gasteiger partial charge in [-0.15, -0.1) is 0 Å². The van der Waals surface area contributed by atoms with Crippen molar-refractivity contribution in [3.63, 3.8) is 0 Å². The van der Waals surface area contributed by atoms with Gasteiger partial charge in [-0.25, -0.2) is 0 Å². The zero-order chi connectivity index (χ0) is 17.5. The van der Waals surface area contributed by atoms with Crippen LogP contribution in [0.4, 0.5) is 0 Å².